The fourth-order valence-corrected chi connectivity index (χ4v) is 5.43. The van der Waals surface area contributed by atoms with Crippen molar-refractivity contribution in [3.05, 3.63) is 36.8 Å². The Hall–Kier alpha value is -3.58. The SMILES string of the molecule is CC(C)(C)NS(=O)(=O)c1cncc(-c2ccc3nc(NC(=O)NCCC(=O)N4CCCCC4)nn3c2)c1. The minimum atomic E-state index is -3.75. The summed E-state index contributed by atoms with van der Waals surface area (Å²) in [5, 5.41) is 9.52. The van der Waals surface area contributed by atoms with Crippen molar-refractivity contribution in [3.8, 4) is 11.1 Å². The predicted molar refractivity (Wildman–Crippen MR) is 138 cm³/mol. The summed E-state index contributed by atoms with van der Waals surface area (Å²) in [4.78, 5) is 34.8. The van der Waals surface area contributed by atoms with Gasteiger partial charge in [0.2, 0.25) is 15.9 Å². The van der Waals surface area contributed by atoms with Crippen LogP contribution in [-0.4, -0.2) is 70.0 Å². The van der Waals surface area contributed by atoms with Crippen LogP contribution in [-0.2, 0) is 14.8 Å². The van der Waals surface area contributed by atoms with Gasteiger partial charge in [0.05, 0.1) is 0 Å². The van der Waals surface area contributed by atoms with Gasteiger partial charge in [0, 0.05) is 61.3 Å². The van der Waals surface area contributed by atoms with Gasteiger partial charge >= 0.3 is 6.03 Å². The van der Waals surface area contributed by atoms with Crippen LogP contribution < -0.4 is 15.4 Å². The molecule has 0 radical (unpaired) electrons. The largest absolute Gasteiger partial charge is 0.343 e. The maximum Gasteiger partial charge on any atom is 0.321 e. The number of likely N-dealkylation sites (tertiary alicyclic amines) is 1. The number of urea groups is 1. The molecule has 4 heterocycles. The standard InChI is InChI=1S/C24H32N8O4S/c1-24(2,3)30-37(35,36)19-13-18(14-25-15-19)17-7-8-20-27-22(29-32(20)16-17)28-23(34)26-10-9-21(33)31-11-5-4-6-12-31/h7-8,13-16,30H,4-6,9-12H2,1-3H3,(H2,26,28,29,34). The van der Waals surface area contributed by atoms with Crippen molar-refractivity contribution in [1.82, 2.24) is 34.5 Å². The summed E-state index contributed by atoms with van der Waals surface area (Å²) >= 11 is 0. The summed E-state index contributed by atoms with van der Waals surface area (Å²) in [6.07, 6.45) is 7.97. The van der Waals surface area contributed by atoms with Gasteiger partial charge < -0.3 is 10.2 Å². The lowest BCUT2D eigenvalue weighted by atomic mass is 10.1. The molecule has 0 bridgehead atoms. The highest BCUT2D eigenvalue weighted by atomic mass is 32.2. The van der Waals surface area contributed by atoms with Crippen molar-refractivity contribution < 1.29 is 18.0 Å². The van der Waals surface area contributed by atoms with E-state index in [-0.39, 0.29) is 29.7 Å². The molecule has 4 rings (SSSR count). The van der Waals surface area contributed by atoms with E-state index in [4.69, 9.17) is 0 Å². The monoisotopic (exact) mass is 528 g/mol. The Bertz CT molecular complexity index is 1390. The van der Waals surface area contributed by atoms with Crippen LogP contribution in [0.5, 0.6) is 0 Å². The third kappa shape index (κ3) is 7.01. The lowest BCUT2D eigenvalue weighted by Gasteiger charge is -2.26. The normalized spacial score (nSPS) is 14.5. The highest BCUT2D eigenvalue weighted by Crippen LogP contribution is 2.23. The highest BCUT2D eigenvalue weighted by molar-refractivity contribution is 7.89. The van der Waals surface area contributed by atoms with Crippen LogP contribution in [0, 0.1) is 0 Å². The van der Waals surface area contributed by atoms with E-state index in [1.807, 2.05) is 4.90 Å². The number of rotatable bonds is 7. The first-order chi connectivity index (χ1) is 17.5. The summed E-state index contributed by atoms with van der Waals surface area (Å²) in [6.45, 7) is 7.07. The average Bonchev–Trinajstić information content (AvgIpc) is 3.24. The first kappa shape index (κ1) is 26.5. The van der Waals surface area contributed by atoms with Gasteiger partial charge in [0.25, 0.3) is 5.95 Å². The molecule has 1 aliphatic heterocycles. The van der Waals surface area contributed by atoms with Crippen molar-refractivity contribution in [1.29, 1.82) is 0 Å². The topological polar surface area (TPSA) is 151 Å². The van der Waals surface area contributed by atoms with Crippen LogP contribution >= 0.6 is 0 Å². The predicted octanol–water partition coefficient (Wildman–Crippen LogP) is 2.39. The fraction of sp³-hybridized carbons (Fsp3) is 0.458. The molecule has 3 N–H and O–H groups in total. The van der Waals surface area contributed by atoms with Crippen LogP contribution in [0.4, 0.5) is 10.7 Å². The van der Waals surface area contributed by atoms with E-state index in [9.17, 15) is 18.0 Å². The Morgan fingerprint density at radius 2 is 1.81 bits per heavy atom. The Kier molecular flexibility index (Phi) is 7.73. The minimum Gasteiger partial charge on any atom is -0.343 e. The molecule has 0 aromatic carbocycles. The second kappa shape index (κ2) is 10.8. The Balaban J connectivity index is 1.39. The number of aromatic nitrogens is 4. The Morgan fingerprint density at radius 3 is 2.54 bits per heavy atom. The third-order valence-corrected chi connectivity index (χ3v) is 7.41. The summed E-state index contributed by atoms with van der Waals surface area (Å²) in [7, 11) is -3.75. The van der Waals surface area contributed by atoms with Crippen LogP contribution in [0.3, 0.4) is 0 Å². The number of nitrogens with zero attached hydrogens (tertiary/aromatic N) is 5. The van der Waals surface area contributed by atoms with E-state index >= 15 is 0 Å². The lowest BCUT2D eigenvalue weighted by molar-refractivity contribution is -0.131. The summed E-state index contributed by atoms with van der Waals surface area (Å²) in [6, 6.07) is 4.51. The van der Waals surface area contributed by atoms with Crippen LogP contribution in [0.25, 0.3) is 16.8 Å². The maximum absolute atomic E-state index is 12.7. The number of anilines is 1. The number of fused-ring (bicyclic) bond motifs is 1. The number of hydrogen-bond acceptors (Lipinski definition) is 7. The smallest absolute Gasteiger partial charge is 0.321 e. The molecule has 0 atom stereocenters. The first-order valence-electron chi connectivity index (χ1n) is 12.2. The van der Waals surface area contributed by atoms with E-state index in [1.165, 1.54) is 16.8 Å². The van der Waals surface area contributed by atoms with E-state index in [1.54, 1.807) is 45.3 Å². The third-order valence-electron chi connectivity index (χ3n) is 5.69. The lowest BCUT2D eigenvalue weighted by Crippen LogP contribution is -2.40. The molecule has 3 aromatic heterocycles. The molecule has 12 nitrogen and oxygen atoms in total. The van der Waals surface area contributed by atoms with Gasteiger partial charge in [-0.15, -0.1) is 5.10 Å². The molecule has 1 saturated heterocycles. The molecule has 0 unspecified atom stereocenters. The zero-order valence-electron chi connectivity index (χ0n) is 21.2. The molecule has 1 aliphatic rings. The van der Waals surface area contributed by atoms with Gasteiger partial charge in [-0.05, 0) is 58.2 Å². The fourth-order valence-electron chi connectivity index (χ4n) is 4.02. The van der Waals surface area contributed by atoms with Crippen molar-refractivity contribution in [2.24, 2.45) is 0 Å². The van der Waals surface area contributed by atoms with Gasteiger partial charge in [-0.25, -0.2) is 22.4 Å². The van der Waals surface area contributed by atoms with Crippen LogP contribution in [0.2, 0.25) is 0 Å². The van der Waals surface area contributed by atoms with Crippen molar-refractivity contribution in [2.75, 3.05) is 25.0 Å². The molecule has 0 saturated carbocycles. The second-order valence-electron chi connectivity index (χ2n) is 9.99. The molecular weight excluding hydrogens is 496 g/mol. The van der Waals surface area contributed by atoms with Crippen molar-refractivity contribution >= 4 is 33.6 Å². The van der Waals surface area contributed by atoms with Crippen molar-refractivity contribution in [3.63, 3.8) is 0 Å². The molecule has 1 fully saturated rings. The van der Waals surface area contributed by atoms with Crippen molar-refractivity contribution in [2.45, 2.75) is 56.9 Å². The van der Waals surface area contributed by atoms with E-state index in [0.717, 1.165) is 32.4 Å². The van der Waals surface area contributed by atoms with Gasteiger partial charge in [-0.1, -0.05) is 0 Å². The Morgan fingerprint density at radius 1 is 1.05 bits per heavy atom. The summed E-state index contributed by atoms with van der Waals surface area (Å²) in [5.74, 6) is 0.139. The number of piperidine rings is 1. The molecule has 13 heteroatoms. The number of carbonyl (C=O) groups excluding carboxylic acids is 2. The number of pyridine rings is 2. The molecule has 198 valence electrons. The zero-order chi connectivity index (χ0) is 26.6. The van der Waals surface area contributed by atoms with Gasteiger partial charge in [-0.3, -0.25) is 15.1 Å². The molecular formula is C24H32N8O4S. The first-order valence-corrected chi connectivity index (χ1v) is 13.7. The van der Waals surface area contributed by atoms with E-state index < -0.39 is 21.6 Å². The number of sulfonamides is 1. The van der Waals surface area contributed by atoms with Crippen LogP contribution in [0.15, 0.2) is 41.7 Å². The maximum atomic E-state index is 12.7. The number of nitrogens with one attached hydrogen (secondary N) is 3. The molecule has 37 heavy (non-hydrogen) atoms. The number of hydrogen-bond donors (Lipinski definition) is 3. The molecule has 3 amide bonds. The zero-order valence-corrected chi connectivity index (χ0v) is 22.0. The van der Waals surface area contributed by atoms with E-state index in [2.05, 4.69) is 30.4 Å². The van der Waals surface area contributed by atoms with Gasteiger partial charge in [0.15, 0.2) is 5.65 Å². The molecule has 0 spiro atoms. The number of carbonyl (C=O) groups is 2. The van der Waals surface area contributed by atoms with Crippen LogP contribution in [0.1, 0.15) is 46.5 Å². The Labute approximate surface area is 215 Å². The average molecular weight is 529 g/mol. The number of amides is 3. The van der Waals surface area contributed by atoms with Gasteiger partial charge in [0.1, 0.15) is 4.90 Å². The van der Waals surface area contributed by atoms with Gasteiger partial charge in [-0.2, -0.15) is 4.98 Å². The summed E-state index contributed by atoms with van der Waals surface area (Å²) < 4.78 is 29.5. The highest BCUT2D eigenvalue weighted by Gasteiger charge is 2.23. The second-order valence-corrected chi connectivity index (χ2v) is 11.7. The molecule has 0 aliphatic carbocycles. The van der Waals surface area contributed by atoms with E-state index in [0.29, 0.717) is 16.8 Å². The quantitative estimate of drug-likeness (QED) is 0.426. The minimum absolute atomic E-state index is 0.0407. The summed E-state index contributed by atoms with van der Waals surface area (Å²) in [5.41, 5.74) is 1.11. The molecule has 3 aromatic rings.